The Morgan fingerprint density at radius 2 is 1.76 bits per heavy atom. The molecule has 0 aliphatic carbocycles. The predicted octanol–water partition coefficient (Wildman–Crippen LogP) is 3.84. The first-order valence-electron chi connectivity index (χ1n) is 9.57. The van der Waals surface area contributed by atoms with Crippen molar-refractivity contribution in [2.75, 3.05) is 31.6 Å². The summed E-state index contributed by atoms with van der Waals surface area (Å²) >= 11 is 6.19. The Hall–Kier alpha value is -2.57. The first-order valence-corrected chi connectivity index (χ1v) is 9.95. The van der Waals surface area contributed by atoms with Crippen molar-refractivity contribution in [2.24, 2.45) is 0 Å². The summed E-state index contributed by atoms with van der Waals surface area (Å²) in [6.45, 7) is 7.56. The summed E-state index contributed by atoms with van der Waals surface area (Å²) in [7, 11) is 0. The second kappa shape index (κ2) is 9.29. The molecule has 1 saturated heterocycles. The van der Waals surface area contributed by atoms with Crippen LogP contribution in [-0.2, 0) is 9.53 Å². The molecule has 2 aromatic carbocycles. The maximum Gasteiger partial charge on any atom is 0.265 e. The third-order valence-corrected chi connectivity index (χ3v) is 5.40. The third kappa shape index (κ3) is 5.08. The molecule has 2 aromatic rings. The first-order chi connectivity index (χ1) is 13.9. The molecular weight excluding hydrogens is 392 g/mol. The summed E-state index contributed by atoms with van der Waals surface area (Å²) < 4.78 is 11.1. The minimum atomic E-state index is -0.749. The van der Waals surface area contributed by atoms with Gasteiger partial charge in [0.2, 0.25) is 0 Å². The molecule has 6 nitrogen and oxygen atoms in total. The number of halogens is 1. The molecule has 7 heteroatoms. The fourth-order valence-corrected chi connectivity index (χ4v) is 3.29. The number of benzene rings is 2. The number of nitrogens with zero attached hydrogens (tertiary/aromatic N) is 1. The fourth-order valence-electron chi connectivity index (χ4n) is 3.18. The van der Waals surface area contributed by atoms with Gasteiger partial charge < -0.3 is 19.7 Å². The van der Waals surface area contributed by atoms with Crippen molar-refractivity contribution in [3.63, 3.8) is 0 Å². The van der Waals surface area contributed by atoms with E-state index in [1.54, 1.807) is 48.2 Å². The van der Waals surface area contributed by atoms with Gasteiger partial charge in [0.05, 0.1) is 24.5 Å². The molecular formula is C22H25ClN2O4. The molecule has 1 fully saturated rings. The molecule has 29 heavy (non-hydrogen) atoms. The second-order valence-electron chi connectivity index (χ2n) is 7.07. The van der Waals surface area contributed by atoms with Crippen molar-refractivity contribution in [3.05, 3.63) is 58.1 Å². The minimum Gasteiger partial charge on any atom is -0.481 e. The molecule has 154 valence electrons. The molecule has 2 amide bonds. The maximum absolute atomic E-state index is 12.8. The average molecular weight is 417 g/mol. The highest BCUT2D eigenvalue weighted by Gasteiger charge is 2.23. The highest BCUT2D eigenvalue weighted by atomic mass is 35.5. The Morgan fingerprint density at radius 1 is 1.14 bits per heavy atom. The van der Waals surface area contributed by atoms with Gasteiger partial charge in [-0.1, -0.05) is 23.7 Å². The van der Waals surface area contributed by atoms with Crippen molar-refractivity contribution >= 4 is 29.1 Å². The summed E-state index contributed by atoms with van der Waals surface area (Å²) in [5.41, 5.74) is 2.69. The number of aryl methyl sites for hydroxylation is 2. The Bertz CT molecular complexity index is 886. The molecule has 0 bridgehead atoms. The lowest BCUT2D eigenvalue weighted by atomic mass is 10.1. The van der Waals surface area contributed by atoms with Gasteiger partial charge in [-0.25, -0.2) is 0 Å². The quantitative estimate of drug-likeness (QED) is 0.804. The van der Waals surface area contributed by atoms with Gasteiger partial charge in [0, 0.05) is 18.1 Å². The van der Waals surface area contributed by atoms with Crippen LogP contribution in [0.4, 0.5) is 5.69 Å². The maximum atomic E-state index is 12.8. The van der Waals surface area contributed by atoms with Crippen LogP contribution in [0.15, 0.2) is 36.4 Å². The summed E-state index contributed by atoms with van der Waals surface area (Å²) in [4.78, 5) is 27.3. The van der Waals surface area contributed by atoms with E-state index in [-0.39, 0.29) is 11.8 Å². The van der Waals surface area contributed by atoms with Gasteiger partial charge in [-0.2, -0.15) is 0 Å². The van der Waals surface area contributed by atoms with Crippen molar-refractivity contribution < 1.29 is 19.1 Å². The Balaban J connectivity index is 1.71. The molecule has 1 heterocycles. The number of ether oxygens (including phenoxy) is 2. The highest BCUT2D eigenvalue weighted by molar-refractivity contribution is 6.32. The van der Waals surface area contributed by atoms with E-state index in [2.05, 4.69) is 5.32 Å². The standard InChI is InChI=1S/C22H25ClN2O4/c1-14-12-17(13-15(2)20(14)23)29-16(3)21(26)24-19-7-5-4-6-18(19)22(27)25-8-10-28-11-9-25/h4-7,12-13,16H,8-11H2,1-3H3,(H,24,26)/t16-/m0/s1. The number of morpholine rings is 1. The lowest BCUT2D eigenvalue weighted by Gasteiger charge is -2.27. The van der Waals surface area contributed by atoms with Crippen molar-refractivity contribution in [2.45, 2.75) is 26.9 Å². The smallest absolute Gasteiger partial charge is 0.265 e. The minimum absolute atomic E-state index is 0.123. The molecule has 0 unspecified atom stereocenters. The molecule has 1 N–H and O–H groups in total. The summed E-state index contributed by atoms with van der Waals surface area (Å²) in [6.07, 6.45) is -0.749. The zero-order valence-corrected chi connectivity index (χ0v) is 17.6. The van der Waals surface area contributed by atoms with E-state index in [0.717, 1.165) is 11.1 Å². The average Bonchev–Trinajstić information content (AvgIpc) is 2.72. The van der Waals surface area contributed by atoms with Gasteiger partial charge in [-0.05, 0) is 56.2 Å². The van der Waals surface area contributed by atoms with Crippen LogP contribution in [0, 0.1) is 13.8 Å². The number of hydrogen-bond donors (Lipinski definition) is 1. The summed E-state index contributed by atoms with van der Waals surface area (Å²) in [5, 5.41) is 3.51. The van der Waals surface area contributed by atoms with E-state index in [1.807, 2.05) is 13.8 Å². The number of carbonyl (C=O) groups is 2. The fraction of sp³-hybridized carbons (Fsp3) is 0.364. The molecule has 0 saturated carbocycles. The molecule has 1 atom stereocenters. The topological polar surface area (TPSA) is 67.9 Å². The molecule has 0 aromatic heterocycles. The highest BCUT2D eigenvalue weighted by Crippen LogP contribution is 2.27. The van der Waals surface area contributed by atoms with Gasteiger partial charge in [0.1, 0.15) is 5.75 Å². The van der Waals surface area contributed by atoms with Crippen LogP contribution in [0.1, 0.15) is 28.4 Å². The summed E-state index contributed by atoms with van der Waals surface area (Å²) in [5.74, 6) is 0.115. The van der Waals surface area contributed by atoms with Crippen LogP contribution in [0.2, 0.25) is 5.02 Å². The van der Waals surface area contributed by atoms with Gasteiger partial charge >= 0.3 is 0 Å². The van der Waals surface area contributed by atoms with Crippen LogP contribution < -0.4 is 10.1 Å². The molecule has 0 spiro atoms. The predicted molar refractivity (Wildman–Crippen MR) is 113 cm³/mol. The van der Waals surface area contributed by atoms with E-state index < -0.39 is 6.10 Å². The summed E-state index contributed by atoms with van der Waals surface area (Å²) in [6, 6.07) is 10.6. The lowest BCUT2D eigenvalue weighted by Crippen LogP contribution is -2.41. The number of anilines is 1. The van der Waals surface area contributed by atoms with E-state index in [9.17, 15) is 9.59 Å². The molecule has 3 rings (SSSR count). The van der Waals surface area contributed by atoms with Crippen LogP contribution in [0.5, 0.6) is 5.75 Å². The monoisotopic (exact) mass is 416 g/mol. The second-order valence-corrected chi connectivity index (χ2v) is 7.45. The van der Waals surface area contributed by atoms with Gasteiger partial charge in [-0.3, -0.25) is 9.59 Å². The SMILES string of the molecule is Cc1cc(O[C@@H](C)C(=O)Nc2ccccc2C(=O)N2CCOCC2)cc(C)c1Cl. The number of rotatable bonds is 5. The van der Waals surface area contributed by atoms with Gasteiger partial charge in [0.15, 0.2) is 6.10 Å². The lowest BCUT2D eigenvalue weighted by molar-refractivity contribution is -0.122. The first kappa shape index (κ1) is 21.1. The van der Waals surface area contributed by atoms with Crippen LogP contribution in [-0.4, -0.2) is 49.1 Å². The van der Waals surface area contributed by atoms with Crippen molar-refractivity contribution in [3.8, 4) is 5.75 Å². The normalized spacial score (nSPS) is 15.0. The van der Waals surface area contributed by atoms with Crippen LogP contribution in [0.3, 0.4) is 0 Å². The van der Waals surface area contributed by atoms with Crippen LogP contribution >= 0.6 is 11.6 Å². The van der Waals surface area contributed by atoms with Gasteiger partial charge in [0.25, 0.3) is 11.8 Å². The molecule has 1 aliphatic heterocycles. The zero-order valence-electron chi connectivity index (χ0n) is 16.8. The number of hydrogen-bond acceptors (Lipinski definition) is 4. The van der Waals surface area contributed by atoms with E-state index in [0.29, 0.717) is 48.3 Å². The Kier molecular flexibility index (Phi) is 6.77. The van der Waals surface area contributed by atoms with E-state index >= 15 is 0 Å². The van der Waals surface area contributed by atoms with Crippen molar-refractivity contribution in [1.82, 2.24) is 4.90 Å². The molecule has 1 aliphatic rings. The largest absolute Gasteiger partial charge is 0.481 e. The van der Waals surface area contributed by atoms with E-state index in [1.165, 1.54) is 0 Å². The number of amides is 2. The zero-order chi connectivity index (χ0) is 21.0. The van der Waals surface area contributed by atoms with E-state index in [4.69, 9.17) is 21.1 Å². The Morgan fingerprint density at radius 3 is 2.41 bits per heavy atom. The van der Waals surface area contributed by atoms with Crippen molar-refractivity contribution in [1.29, 1.82) is 0 Å². The molecule has 0 radical (unpaired) electrons. The number of nitrogens with one attached hydrogen (secondary N) is 1. The van der Waals surface area contributed by atoms with Crippen LogP contribution in [0.25, 0.3) is 0 Å². The van der Waals surface area contributed by atoms with Gasteiger partial charge in [-0.15, -0.1) is 0 Å². The third-order valence-electron chi connectivity index (χ3n) is 4.81. The Labute approximate surface area is 175 Å². The number of para-hydroxylation sites is 1. The number of carbonyl (C=O) groups excluding carboxylic acids is 2.